The number of rotatable bonds is 1. The topological polar surface area (TPSA) is 42.2 Å². The summed E-state index contributed by atoms with van der Waals surface area (Å²) in [5.41, 5.74) is 10.8. The maximum atomic E-state index is 6.07. The molecule has 3 nitrogen and oxygen atoms in total. The standard InChI is InChI=1S/C15H17N3/c1-11-8-14(16)15(17-9-11)18-7-6-12-4-2-3-5-13(12)10-18/h2-5,8-9H,6-7,10,16H2,1H3. The first-order valence-corrected chi connectivity index (χ1v) is 6.28. The van der Waals surface area contributed by atoms with Crippen molar-refractivity contribution in [3.63, 3.8) is 0 Å². The average Bonchev–Trinajstić information content (AvgIpc) is 2.38. The highest BCUT2D eigenvalue weighted by Crippen LogP contribution is 2.27. The number of nitrogens with zero attached hydrogens (tertiary/aromatic N) is 2. The first-order chi connectivity index (χ1) is 8.74. The van der Waals surface area contributed by atoms with Crippen molar-refractivity contribution < 1.29 is 0 Å². The van der Waals surface area contributed by atoms with E-state index in [9.17, 15) is 0 Å². The summed E-state index contributed by atoms with van der Waals surface area (Å²) in [4.78, 5) is 6.74. The summed E-state index contributed by atoms with van der Waals surface area (Å²) in [5.74, 6) is 0.912. The van der Waals surface area contributed by atoms with Gasteiger partial charge in [0.25, 0.3) is 0 Å². The summed E-state index contributed by atoms with van der Waals surface area (Å²) in [7, 11) is 0. The Morgan fingerprint density at radius 2 is 2.00 bits per heavy atom. The molecule has 3 heteroatoms. The molecule has 2 N–H and O–H groups in total. The molecule has 1 aromatic heterocycles. The molecule has 0 unspecified atom stereocenters. The van der Waals surface area contributed by atoms with E-state index in [-0.39, 0.29) is 0 Å². The average molecular weight is 239 g/mol. The third-order valence-corrected chi connectivity index (χ3v) is 3.46. The summed E-state index contributed by atoms with van der Waals surface area (Å²) in [5, 5.41) is 0. The molecule has 2 aromatic rings. The van der Waals surface area contributed by atoms with Crippen LogP contribution in [-0.2, 0) is 13.0 Å². The lowest BCUT2D eigenvalue weighted by molar-refractivity contribution is 0.722. The van der Waals surface area contributed by atoms with Gasteiger partial charge in [0.05, 0.1) is 5.69 Å². The lowest BCUT2D eigenvalue weighted by atomic mass is 10.00. The predicted octanol–water partition coefficient (Wildman–Crippen LogP) is 2.53. The third kappa shape index (κ3) is 1.92. The maximum absolute atomic E-state index is 6.07. The van der Waals surface area contributed by atoms with Crippen LogP contribution in [0.4, 0.5) is 11.5 Å². The molecule has 0 radical (unpaired) electrons. The minimum absolute atomic E-state index is 0.773. The van der Waals surface area contributed by atoms with E-state index in [4.69, 9.17) is 5.73 Å². The van der Waals surface area contributed by atoms with Gasteiger partial charge in [-0.25, -0.2) is 4.98 Å². The number of nitrogen functional groups attached to an aromatic ring is 1. The molecule has 3 rings (SSSR count). The fraction of sp³-hybridized carbons (Fsp3) is 0.267. The van der Waals surface area contributed by atoms with Crippen molar-refractivity contribution in [2.45, 2.75) is 19.9 Å². The normalized spacial score (nSPS) is 14.4. The van der Waals surface area contributed by atoms with Crippen LogP contribution in [0.1, 0.15) is 16.7 Å². The number of nitrogens with two attached hydrogens (primary N) is 1. The number of pyridine rings is 1. The molecule has 0 fully saturated rings. The van der Waals surface area contributed by atoms with Crippen LogP contribution in [-0.4, -0.2) is 11.5 Å². The van der Waals surface area contributed by atoms with Crippen molar-refractivity contribution in [2.24, 2.45) is 0 Å². The second-order valence-electron chi connectivity index (χ2n) is 4.87. The van der Waals surface area contributed by atoms with Crippen molar-refractivity contribution in [1.82, 2.24) is 4.98 Å². The van der Waals surface area contributed by atoms with E-state index in [1.165, 1.54) is 11.1 Å². The number of aromatic nitrogens is 1. The van der Waals surface area contributed by atoms with Gasteiger partial charge < -0.3 is 10.6 Å². The number of hydrogen-bond acceptors (Lipinski definition) is 3. The van der Waals surface area contributed by atoms with E-state index in [0.717, 1.165) is 36.6 Å². The molecule has 18 heavy (non-hydrogen) atoms. The van der Waals surface area contributed by atoms with Gasteiger partial charge in [-0.2, -0.15) is 0 Å². The highest BCUT2D eigenvalue weighted by atomic mass is 15.2. The van der Waals surface area contributed by atoms with Crippen molar-refractivity contribution in [2.75, 3.05) is 17.2 Å². The second kappa shape index (κ2) is 4.33. The van der Waals surface area contributed by atoms with Gasteiger partial charge in [0.1, 0.15) is 0 Å². The fourth-order valence-electron chi connectivity index (χ4n) is 2.53. The Morgan fingerprint density at radius 1 is 1.22 bits per heavy atom. The van der Waals surface area contributed by atoms with Gasteiger partial charge in [-0.05, 0) is 36.1 Å². The zero-order chi connectivity index (χ0) is 12.5. The number of hydrogen-bond donors (Lipinski definition) is 1. The summed E-state index contributed by atoms with van der Waals surface area (Å²) >= 11 is 0. The van der Waals surface area contributed by atoms with Gasteiger partial charge in [-0.3, -0.25) is 0 Å². The maximum Gasteiger partial charge on any atom is 0.152 e. The molecular weight excluding hydrogens is 222 g/mol. The molecule has 1 aliphatic rings. The largest absolute Gasteiger partial charge is 0.396 e. The first kappa shape index (κ1) is 11.1. The summed E-state index contributed by atoms with van der Waals surface area (Å²) < 4.78 is 0. The van der Waals surface area contributed by atoms with E-state index in [0.29, 0.717) is 0 Å². The van der Waals surface area contributed by atoms with Gasteiger partial charge >= 0.3 is 0 Å². The zero-order valence-electron chi connectivity index (χ0n) is 10.6. The quantitative estimate of drug-likeness (QED) is 0.831. The van der Waals surface area contributed by atoms with Crippen molar-refractivity contribution >= 4 is 11.5 Å². The Labute approximate surface area is 107 Å². The molecule has 0 aliphatic carbocycles. The van der Waals surface area contributed by atoms with Crippen molar-refractivity contribution in [3.8, 4) is 0 Å². The molecule has 0 spiro atoms. The molecule has 0 saturated heterocycles. The summed E-state index contributed by atoms with van der Waals surface area (Å²) in [6.45, 7) is 3.90. The highest BCUT2D eigenvalue weighted by molar-refractivity contribution is 5.64. The Bertz CT molecular complexity index is 578. The van der Waals surface area contributed by atoms with Crippen LogP contribution in [0.5, 0.6) is 0 Å². The molecule has 1 aliphatic heterocycles. The summed E-state index contributed by atoms with van der Waals surface area (Å²) in [6.07, 6.45) is 2.94. The first-order valence-electron chi connectivity index (χ1n) is 6.28. The number of aryl methyl sites for hydroxylation is 1. The smallest absolute Gasteiger partial charge is 0.152 e. The third-order valence-electron chi connectivity index (χ3n) is 3.46. The van der Waals surface area contributed by atoms with E-state index in [1.807, 2.05) is 19.2 Å². The van der Waals surface area contributed by atoms with Crippen LogP contribution in [0.2, 0.25) is 0 Å². The zero-order valence-corrected chi connectivity index (χ0v) is 10.6. The minimum atomic E-state index is 0.773. The van der Waals surface area contributed by atoms with Crippen LogP contribution in [0, 0.1) is 6.92 Å². The molecule has 0 bridgehead atoms. The van der Waals surface area contributed by atoms with E-state index >= 15 is 0 Å². The molecule has 92 valence electrons. The Morgan fingerprint density at radius 3 is 2.78 bits per heavy atom. The molecule has 1 aromatic carbocycles. The summed E-state index contributed by atoms with van der Waals surface area (Å²) in [6, 6.07) is 10.6. The molecule has 0 atom stereocenters. The molecule has 0 saturated carbocycles. The van der Waals surface area contributed by atoms with Crippen LogP contribution in [0.25, 0.3) is 0 Å². The molecule has 2 heterocycles. The predicted molar refractivity (Wildman–Crippen MR) is 74.6 cm³/mol. The van der Waals surface area contributed by atoms with Crippen molar-refractivity contribution in [3.05, 3.63) is 53.2 Å². The van der Waals surface area contributed by atoms with Gasteiger partial charge in [0.2, 0.25) is 0 Å². The Kier molecular flexibility index (Phi) is 2.67. The molecule has 0 amide bonds. The SMILES string of the molecule is Cc1cnc(N2CCc3ccccc3C2)c(N)c1. The van der Waals surface area contributed by atoms with Crippen molar-refractivity contribution in [1.29, 1.82) is 0 Å². The molecular formula is C15H17N3. The Hall–Kier alpha value is -2.03. The van der Waals surface area contributed by atoms with Crippen LogP contribution in [0.15, 0.2) is 36.5 Å². The number of benzene rings is 1. The van der Waals surface area contributed by atoms with Crippen LogP contribution >= 0.6 is 0 Å². The fourth-order valence-corrected chi connectivity index (χ4v) is 2.53. The lowest BCUT2D eigenvalue weighted by Crippen LogP contribution is -2.31. The second-order valence-corrected chi connectivity index (χ2v) is 4.87. The highest BCUT2D eigenvalue weighted by Gasteiger charge is 2.18. The number of fused-ring (bicyclic) bond motifs is 1. The van der Waals surface area contributed by atoms with Crippen LogP contribution < -0.4 is 10.6 Å². The van der Waals surface area contributed by atoms with E-state index < -0.39 is 0 Å². The number of anilines is 2. The van der Waals surface area contributed by atoms with Gasteiger partial charge in [-0.15, -0.1) is 0 Å². The van der Waals surface area contributed by atoms with E-state index in [2.05, 4.69) is 34.1 Å². The lowest BCUT2D eigenvalue weighted by Gasteiger charge is -2.30. The minimum Gasteiger partial charge on any atom is -0.396 e. The van der Waals surface area contributed by atoms with Crippen LogP contribution in [0.3, 0.4) is 0 Å². The monoisotopic (exact) mass is 239 g/mol. The van der Waals surface area contributed by atoms with Gasteiger partial charge in [0.15, 0.2) is 5.82 Å². The van der Waals surface area contributed by atoms with Gasteiger partial charge in [0, 0.05) is 19.3 Å². The van der Waals surface area contributed by atoms with E-state index in [1.54, 1.807) is 0 Å². The van der Waals surface area contributed by atoms with Gasteiger partial charge in [-0.1, -0.05) is 24.3 Å². The Balaban J connectivity index is 1.92.